The van der Waals surface area contributed by atoms with E-state index in [1.54, 1.807) is 19.1 Å². The molecule has 0 aliphatic carbocycles. The molecule has 1 heterocycles. The second-order valence-corrected chi connectivity index (χ2v) is 4.46. The van der Waals surface area contributed by atoms with Gasteiger partial charge in [-0.05, 0) is 19.1 Å². The van der Waals surface area contributed by atoms with Gasteiger partial charge in [0.1, 0.15) is 0 Å². The fourth-order valence-corrected chi connectivity index (χ4v) is 1.67. The van der Waals surface area contributed by atoms with Crippen molar-refractivity contribution in [3.8, 4) is 5.75 Å². The van der Waals surface area contributed by atoms with Crippen molar-refractivity contribution < 1.29 is 13.9 Å². The van der Waals surface area contributed by atoms with Crippen LogP contribution in [0.25, 0.3) is 0 Å². The molecule has 0 bridgehead atoms. The number of carbonyl (C=O) groups excluding carboxylic acids is 1. The summed E-state index contributed by atoms with van der Waals surface area (Å²) in [5.74, 6) is -0.0782. The van der Waals surface area contributed by atoms with Crippen LogP contribution in [-0.4, -0.2) is 31.6 Å². The highest BCUT2D eigenvalue weighted by molar-refractivity contribution is 5.85. The molecule has 2 N–H and O–H groups in total. The maximum absolute atomic E-state index is 13.3. The van der Waals surface area contributed by atoms with Crippen LogP contribution in [0.3, 0.4) is 0 Å². The predicted molar refractivity (Wildman–Crippen MR) is 73.1 cm³/mol. The van der Waals surface area contributed by atoms with Gasteiger partial charge in [0.15, 0.2) is 17.7 Å². The first kappa shape index (κ1) is 15.7. The maximum atomic E-state index is 13.3. The minimum Gasteiger partial charge on any atom is -0.478 e. The van der Waals surface area contributed by atoms with Gasteiger partial charge in [-0.2, -0.15) is 0 Å². The van der Waals surface area contributed by atoms with Crippen LogP contribution in [-0.2, 0) is 4.79 Å². The molecule has 1 unspecified atom stereocenters. The molecule has 4 nitrogen and oxygen atoms in total. The van der Waals surface area contributed by atoms with Crippen molar-refractivity contribution in [2.24, 2.45) is 5.92 Å². The standard InChI is InChI=1S/C13H17FN2O2.ClH/c1-9(13(17)16-8-10-6-15-7-10)18-12-5-3-2-4-11(12)14;/h2-5,9-10,15H,6-8H2,1H3,(H,16,17);1H. The molecule has 1 aliphatic rings. The van der Waals surface area contributed by atoms with E-state index in [1.165, 1.54) is 12.1 Å². The SMILES string of the molecule is CC(Oc1ccccc1F)C(=O)NCC1CNC1.Cl. The summed E-state index contributed by atoms with van der Waals surface area (Å²) in [5.41, 5.74) is 0. The van der Waals surface area contributed by atoms with Crippen molar-refractivity contribution in [2.75, 3.05) is 19.6 Å². The molecule has 1 amide bonds. The van der Waals surface area contributed by atoms with Crippen LogP contribution in [0.5, 0.6) is 5.75 Å². The lowest BCUT2D eigenvalue weighted by Gasteiger charge is -2.27. The molecule has 1 fully saturated rings. The van der Waals surface area contributed by atoms with Gasteiger partial charge in [0, 0.05) is 25.6 Å². The van der Waals surface area contributed by atoms with E-state index >= 15 is 0 Å². The van der Waals surface area contributed by atoms with E-state index < -0.39 is 11.9 Å². The minimum absolute atomic E-state index is 0. The Morgan fingerprint density at radius 1 is 1.53 bits per heavy atom. The van der Waals surface area contributed by atoms with Crippen molar-refractivity contribution >= 4 is 18.3 Å². The molecule has 106 valence electrons. The molecule has 1 aromatic rings. The fourth-order valence-electron chi connectivity index (χ4n) is 1.67. The predicted octanol–water partition coefficient (Wildman–Crippen LogP) is 1.35. The molecule has 2 rings (SSSR count). The zero-order chi connectivity index (χ0) is 13.0. The highest BCUT2D eigenvalue weighted by Crippen LogP contribution is 2.16. The third-order valence-corrected chi connectivity index (χ3v) is 2.94. The van der Waals surface area contributed by atoms with Gasteiger partial charge in [0.2, 0.25) is 0 Å². The van der Waals surface area contributed by atoms with Crippen molar-refractivity contribution in [3.05, 3.63) is 30.1 Å². The van der Waals surface area contributed by atoms with Crippen molar-refractivity contribution in [3.63, 3.8) is 0 Å². The first-order valence-corrected chi connectivity index (χ1v) is 6.06. The van der Waals surface area contributed by atoms with Crippen LogP contribution in [0.4, 0.5) is 4.39 Å². The molecule has 1 aromatic carbocycles. The monoisotopic (exact) mass is 288 g/mol. The van der Waals surface area contributed by atoms with E-state index in [0.29, 0.717) is 12.5 Å². The Bertz CT molecular complexity index is 427. The maximum Gasteiger partial charge on any atom is 0.260 e. The molecule has 1 aliphatic heterocycles. The molecule has 0 aromatic heterocycles. The van der Waals surface area contributed by atoms with Crippen LogP contribution in [0, 0.1) is 11.7 Å². The largest absolute Gasteiger partial charge is 0.478 e. The average molecular weight is 289 g/mol. The summed E-state index contributed by atoms with van der Waals surface area (Å²) in [6.07, 6.45) is -0.699. The molecule has 1 atom stereocenters. The second kappa shape index (κ2) is 7.31. The van der Waals surface area contributed by atoms with E-state index in [0.717, 1.165) is 13.1 Å². The Hall–Kier alpha value is -1.33. The number of benzene rings is 1. The van der Waals surface area contributed by atoms with Crippen molar-refractivity contribution in [1.82, 2.24) is 10.6 Å². The van der Waals surface area contributed by atoms with Crippen LogP contribution in [0.1, 0.15) is 6.92 Å². The van der Waals surface area contributed by atoms with E-state index in [9.17, 15) is 9.18 Å². The Morgan fingerprint density at radius 3 is 2.79 bits per heavy atom. The van der Waals surface area contributed by atoms with Crippen LogP contribution < -0.4 is 15.4 Å². The third kappa shape index (κ3) is 4.36. The molecule has 19 heavy (non-hydrogen) atoms. The van der Waals surface area contributed by atoms with E-state index in [2.05, 4.69) is 10.6 Å². The number of hydrogen-bond donors (Lipinski definition) is 2. The highest BCUT2D eigenvalue weighted by Gasteiger charge is 2.20. The van der Waals surface area contributed by atoms with Gasteiger partial charge in [-0.15, -0.1) is 12.4 Å². The lowest BCUT2D eigenvalue weighted by atomic mass is 10.0. The molecule has 1 saturated heterocycles. The molecular weight excluding hydrogens is 271 g/mol. The van der Waals surface area contributed by atoms with Gasteiger partial charge in [-0.3, -0.25) is 4.79 Å². The molecule has 0 spiro atoms. The summed E-state index contributed by atoms with van der Waals surface area (Å²) >= 11 is 0. The quantitative estimate of drug-likeness (QED) is 0.860. The number of halogens is 2. The van der Waals surface area contributed by atoms with Gasteiger partial charge in [-0.1, -0.05) is 12.1 Å². The third-order valence-electron chi connectivity index (χ3n) is 2.94. The summed E-state index contributed by atoms with van der Waals surface area (Å²) in [5, 5.41) is 5.93. The van der Waals surface area contributed by atoms with Crippen LogP contribution >= 0.6 is 12.4 Å². The lowest BCUT2D eigenvalue weighted by molar-refractivity contribution is -0.127. The number of hydrogen-bond acceptors (Lipinski definition) is 3. The summed E-state index contributed by atoms with van der Waals surface area (Å²) in [6, 6.07) is 6.06. The zero-order valence-corrected chi connectivity index (χ0v) is 11.5. The van der Waals surface area contributed by atoms with Crippen LogP contribution in [0.15, 0.2) is 24.3 Å². The highest BCUT2D eigenvalue weighted by atomic mass is 35.5. The minimum atomic E-state index is -0.699. The molecule has 0 saturated carbocycles. The number of ether oxygens (including phenoxy) is 1. The summed E-state index contributed by atoms with van der Waals surface area (Å²) in [6.45, 7) is 4.11. The smallest absolute Gasteiger partial charge is 0.260 e. The Labute approximate surface area is 118 Å². The van der Waals surface area contributed by atoms with Gasteiger partial charge in [-0.25, -0.2) is 4.39 Å². The Balaban J connectivity index is 0.00000180. The van der Waals surface area contributed by atoms with Gasteiger partial charge in [0.25, 0.3) is 5.91 Å². The first-order chi connectivity index (χ1) is 8.66. The summed E-state index contributed by atoms with van der Waals surface area (Å²) in [7, 11) is 0. The van der Waals surface area contributed by atoms with Crippen LogP contribution in [0.2, 0.25) is 0 Å². The average Bonchev–Trinajstić information content (AvgIpc) is 2.30. The van der Waals surface area contributed by atoms with Crippen molar-refractivity contribution in [1.29, 1.82) is 0 Å². The number of rotatable bonds is 5. The van der Waals surface area contributed by atoms with E-state index in [1.807, 2.05) is 0 Å². The lowest BCUT2D eigenvalue weighted by Crippen LogP contribution is -2.49. The number of carbonyl (C=O) groups is 1. The fraction of sp³-hybridized carbons (Fsp3) is 0.462. The first-order valence-electron chi connectivity index (χ1n) is 6.06. The summed E-state index contributed by atoms with van der Waals surface area (Å²) < 4.78 is 18.6. The molecule has 6 heteroatoms. The topological polar surface area (TPSA) is 50.4 Å². The number of nitrogens with one attached hydrogen (secondary N) is 2. The van der Waals surface area contributed by atoms with Gasteiger partial charge in [0.05, 0.1) is 0 Å². The van der Waals surface area contributed by atoms with Gasteiger partial charge < -0.3 is 15.4 Å². The van der Waals surface area contributed by atoms with E-state index in [4.69, 9.17) is 4.74 Å². The van der Waals surface area contributed by atoms with E-state index in [-0.39, 0.29) is 24.1 Å². The molecule has 0 radical (unpaired) electrons. The normalized spacial score (nSPS) is 15.9. The van der Waals surface area contributed by atoms with Gasteiger partial charge >= 0.3 is 0 Å². The molecular formula is C13H18ClFN2O2. The number of amides is 1. The Morgan fingerprint density at radius 2 is 2.21 bits per heavy atom. The van der Waals surface area contributed by atoms with Crippen molar-refractivity contribution in [2.45, 2.75) is 13.0 Å². The zero-order valence-electron chi connectivity index (χ0n) is 10.7. The second-order valence-electron chi connectivity index (χ2n) is 4.46. The summed E-state index contributed by atoms with van der Waals surface area (Å²) in [4.78, 5) is 11.7. The Kier molecular flexibility index (Phi) is 6.05. The number of para-hydroxylation sites is 1.